The first kappa shape index (κ1) is 9.09. The fraction of sp³-hybridized carbons (Fsp3) is 0.667. The first-order valence-electron chi connectivity index (χ1n) is 4.61. The van der Waals surface area contributed by atoms with Crippen LogP contribution in [0.5, 0.6) is 0 Å². The largest absolute Gasteiger partial charge is 0.306 e. The molecule has 1 aromatic heterocycles. The van der Waals surface area contributed by atoms with Gasteiger partial charge in [0.1, 0.15) is 6.17 Å². The van der Waals surface area contributed by atoms with E-state index in [2.05, 4.69) is 10.3 Å². The summed E-state index contributed by atoms with van der Waals surface area (Å²) in [5.74, 6) is 0. The molecule has 1 aromatic rings. The molecule has 1 heterocycles. The summed E-state index contributed by atoms with van der Waals surface area (Å²) in [6.07, 6.45) is 3.90. The van der Waals surface area contributed by atoms with Crippen LogP contribution in [0.2, 0.25) is 0 Å². The molecule has 1 saturated carbocycles. The quantitative estimate of drug-likeness (QED) is 0.808. The SMILES string of the molecule is F[C@H]1CCC[C@H]1NCc1cncs1. The van der Waals surface area contributed by atoms with E-state index >= 15 is 0 Å². The molecule has 1 N–H and O–H groups in total. The van der Waals surface area contributed by atoms with Crippen LogP contribution in [-0.4, -0.2) is 17.2 Å². The molecule has 0 spiro atoms. The van der Waals surface area contributed by atoms with E-state index in [1.165, 1.54) is 4.88 Å². The molecule has 72 valence electrons. The Balaban J connectivity index is 1.79. The van der Waals surface area contributed by atoms with Gasteiger partial charge >= 0.3 is 0 Å². The van der Waals surface area contributed by atoms with Crippen LogP contribution < -0.4 is 5.32 Å². The number of alkyl halides is 1. The summed E-state index contributed by atoms with van der Waals surface area (Å²) in [4.78, 5) is 5.15. The zero-order valence-corrected chi connectivity index (χ0v) is 8.19. The van der Waals surface area contributed by atoms with Crippen LogP contribution in [0.25, 0.3) is 0 Å². The molecule has 2 rings (SSSR count). The van der Waals surface area contributed by atoms with E-state index in [1.54, 1.807) is 16.8 Å². The molecule has 0 radical (unpaired) electrons. The lowest BCUT2D eigenvalue weighted by atomic mass is 10.2. The number of hydrogen-bond acceptors (Lipinski definition) is 3. The van der Waals surface area contributed by atoms with E-state index in [0.717, 1.165) is 25.8 Å². The highest BCUT2D eigenvalue weighted by atomic mass is 32.1. The lowest BCUT2D eigenvalue weighted by molar-refractivity contribution is 0.279. The van der Waals surface area contributed by atoms with Gasteiger partial charge in [-0.25, -0.2) is 4.39 Å². The second-order valence-electron chi connectivity index (χ2n) is 3.40. The average Bonchev–Trinajstić information content (AvgIpc) is 2.72. The van der Waals surface area contributed by atoms with Gasteiger partial charge < -0.3 is 5.32 Å². The van der Waals surface area contributed by atoms with Crippen LogP contribution in [0.3, 0.4) is 0 Å². The van der Waals surface area contributed by atoms with E-state index in [4.69, 9.17) is 0 Å². The van der Waals surface area contributed by atoms with E-state index in [0.29, 0.717) is 0 Å². The maximum atomic E-state index is 13.1. The molecule has 0 amide bonds. The lowest BCUT2D eigenvalue weighted by Crippen LogP contribution is -2.32. The predicted octanol–water partition coefficient (Wildman–Crippen LogP) is 2.12. The Morgan fingerprint density at radius 1 is 1.62 bits per heavy atom. The fourth-order valence-electron chi connectivity index (χ4n) is 1.71. The first-order chi connectivity index (χ1) is 6.36. The van der Waals surface area contributed by atoms with E-state index in [9.17, 15) is 4.39 Å². The van der Waals surface area contributed by atoms with Crippen molar-refractivity contribution in [3.05, 3.63) is 16.6 Å². The summed E-state index contributed by atoms with van der Waals surface area (Å²) in [6, 6.07) is 0.0714. The van der Waals surface area contributed by atoms with Gasteiger partial charge in [0.2, 0.25) is 0 Å². The standard InChI is InChI=1S/C9H13FN2S/c10-8-2-1-3-9(8)12-5-7-4-11-6-13-7/h4,6,8-9,12H,1-3,5H2/t8-,9+/m0/s1. The number of aromatic nitrogens is 1. The Hall–Kier alpha value is -0.480. The van der Waals surface area contributed by atoms with Crippen molar-refractivity contribution in [3.8, 4) is 0 Å². The molecular formula is C9H13FN2S. The number of nitrogens with one attached hydrogen (secondary N) is 1. The summed E-state index contributed by atoms with van der Waals surface area (Å²) in [5, 5.41) is 3.23. The molecule has 2 atom stereocenters. The molecule has 2 nitrogen and oxygen atoms in total. The van der Waals surface area contributed by atoms with Gasteiger partial charge in [-0.15, -0.1) is 11.3 Å². The molecule has 4 heteroatoms. The minimum Gasteiger partial charge on any atom is -0.306 e. The number of hydrogen-bond donors (Lipinski definition) is 1. The highest BCUT2D eigenvalue weighted by Gasteiger charge is 2.26. The molecule has 1 aliphatic rings. The fourth-order valence-corrected chi connectivity index (χ4v) is 2.25. The van der Waals surface area contributed by atoms with Gasteiger partial charge in [0.15, 0.2) is 0 Å². The smallest absolute Gasteiger partial charge is 0.115 e. The molecule has 0 aliphatic heterocycles. The van der Waals surface area contributed by atoms with Crippen LogP contribution in [0.15, 0.2) is 11.7 Å². The van der Waals surface area contributed by atoms with Crippen LogP contribution in [0.1, 0.15) is 24.1 Å². The molecule has 0 aromatic carbocycles. The van der Waals surface area contributed by atoms with Crippen molar-refractivity contribution in [2.45, 2.75) is 38.0 Å². The van der Waals surface area contributed by atoms with Crippen molar-refractivity contribution in [2.24, 2.45) is 0 Å². The Morgan fingerprint density at radius 2 is 2.54 bits per heavy atom. The number of nitrogens with zero attached hydrogens (tertiary/aromatic N) is 1. The Kier molecular flexibility index (Phi) is 2.90. The zero-order chi connectivity index (χ0) is 9.10. The maximum Gasteiger partial charge on any atom is 0.115 e. The van der Waals surface area contributed by atoms with Crippen LogP contribution >= 0.6 is 11.3 Å². The van der Waals surface area contributed by atoms with E-state index < -0.39 is 6.17 Å². The third-order valence-electron chi connectivity index (χ3n) is 2.45. The first-order valence-corrected chi connectivity index (χ1v) is 5.49. The Bertz CT molecular complexity index is 250. The average molecular weight is 200 g/mol. The summed E-state index contributed by atoms with van der Waals surface area (Å²) in [5.41, 5.74) is 1.80. The normalized spacial score (nSPS) is 28.1. The monoisotopic (exact) mass is 200 g/mol. The number of rotatable bonds is 3. The third kappa shape index (κ3) is 2.25. The lowest BCUT2D eigenvalue weighted by Gasteiger charge is -2.13. The molecule has 1 aliphatic carbocycles. The number of thiazole rings is 1. The van der Waals surface area contributed by atoms with Gasteiger partial charge in [-0.2, -0.15) is 0 Å². The van der Waals surface area contributed by atoms with E-state index in [1.807, 2.05) is 6.20 Å². The summed E-state index contributed by atoms with van der Waals surface area (Å²) < 4.78 is 13.1. The predicted molar refractivity (Wildman–Crippen MR) is 51.5 cm³/mol. The van der Waals surface area contributed by atoms with Crippen molar-refractivity contribution >= 4 is 11.3 Å². The van der Waals surface area contributed by atoms with Gasteiger partial charge in [0, 0.05) is 23.7 Å². The number of halogens is 1. The minimum absolute atomic E-state index is 0.0714. The topological polar surface area (TPSA) is 24.9 Å². The summed E-state index contributed by atoms with van der Waals surface area (Å²) in [7, 11) is 0. The van der Waals surface area contributed by atoms with Gasteiger partial charge in [0.25, 0.3) is 0 Å². The molecule has 1 fully saturated rings. The van der Waals surface area contributed by atoms with Gasteiger partial charge in [-0.3, -0.25) is 4.98 Å². The summed E-state index contributed by atoms with van der Waals surface area (Å²) in [6.45, 7) is 0.760. The van der Waals surface area contributed by atoms with Crippen LogP contribution in [0.4, 0.5) is 4.39 Å². The maximum absolute atomic E-state index is 13.1. The molecule has 0 saturated heterocycles. The van der Waals surface area contributed by atoms with Gasteiger partial charge in [-0.1, -0.05) is 0 Å². The minimum atomic E-state index is -0.645. The van der Waals surface area contributed by atoms with Crippen molar-refractivity contribution in [3.63, 3.8) is 0 Å². The second kappa shape index (κ2) is 4.15. The van der Waals surface area contributed by atoms with E-state index in [-0.39, 0.29) is 6.04 Å². The molecular weight excluding hydrogens is 187 g/mol. The zero-order valence-electron chi connectivity index (χ0n) is 7.37. The Labute approximate surface area is 81.2 Å². The highest BCUT2D eigenvalue weighted by molar-refractivity contribution is 7.09. The van der Waals surface area contributed by atoms with Crippen LogP contribution in [-0.2, 0) is 6.54 Å². The van der Waals surface area contributed by atoms with Crippen molar-refractivity contribution in [2.75, 3.05) is 0 Å². The van der Waals surface area contributed by atoms with Crippen LogP contribution in [0, 0.1) is 0 Å². The van der Waals surface area contributed by atoms with Crippen molar-refractivity contribution in [1.29, 1.82) is 0 Å². The molecule has 0 bridgehead atoms. The summed E-state index contributed by atoms with van der Waals surface area (Å²) >= 11 is 1.61. The molecule has 0 unspecified atom stereocenters. The third-order valence-corrected chi connectivity index (χ3v) is 3.23. The molecule has 13 heavy (non-hydrogen) atoms. The van der Waals surface area contributed by atoms with Crippen molar-refractivity contribution in [1.82, 2.24) is 10.3 Å². The highest BCUT2D eigenvalue weighted by Crippen LogP contribution is 2.22. The second-order valence-corrected chi connectivity index (χ2v) is 4.37. The van der Waals surface area contributed by atoms with Gasteiger partial charge in [0.05, 0.1) is 5.51 Å². The van der Waals surface area contributed by atoms with Gasteiger partial charge in [-0.05, 0) is 19.3 Å². The van der Waals surface area contributed by atoms with Crippen molar-refractivity contribution < 1.29 is 4.39 Å². The Morgan fingerprint density at radius 3 is 3.15 bits per heavy atom.